The van der Waals surface area contributed by atoms with Gasteiger partial charge in [-0.3, -0.25) is 9.48 Å². The van der Waals surface area contributed by atoms with Crippen LogP contribution in [0.25, 0.3) is 0 Å². The van der Waals surface area contributed by atoms with Crippen molar-refractivity contribution in [1.82, 2.24) is 15.0 Å². The van der Waals surface area contributed by atoms with Crippen LogP contribution in [-0.2, 0) is 7.05 Å². The van der Waals surface area contributed by atoms with Gasteiger partial charge in [-0.1, -0.05) is 12.1 Å². The average Bonchev–Trinajstić information content (AvgIpc) is 2.96. The Kier molecular flexibility index (Phi) is 4.09. The largest absolute Gasteiger partial charge is 0.372 e. The van der Waals surface area contributed by atoms with Crippen molar-refractivity contribution in [3.63, 3.8) is 0 Å². The molecule has 2 aromatic rings. The van der Waals surface area contributed by atoms with Gasteiger partial charge in [0.15, 0.2) is 5.69 Å². The third-order valence-electron chi connectivity index (χ3n) is 4.11. The van der Waals surface area contributed by atoms with Gasteiger partial charge in [0, 0.05) is 31.5 Å². The summed E-state index contributed by atoms with van der Waals surface area (Å²) in [5, 5.41) is 10.4. The first-order chi connectivity index (χ1) is 10.6. The van der Waals surface area contributed by atoms with Gasteiger partial charge >= 0.3 is 0 Å². The molecule has 1 fully saturated rings. The summed E-state index contributed by atoms with van der Waals surface area (Å²) >= 11 is 0. The zero-order valence-electron chi connectivity index (χ0n) is 13.0. The summed E-state index contributed by atoms with van der Waals surface area (Å²) in [5.41, 5.74) is 2.30. The van der Waals surface area contributed by atoms with Crippen molar-refractivity contribution in [3.05, 3.63) is 36.2 Å². The third-order valence-corrected chi connectivity index (χ3v) is 4.11. The molecule has 2 heterocycles. The second-order valence-corrected chi connectivity index (χ2v) is 5.95. The highest BCUT2D eigenvalue weighted by atomic mass is 16.2. The van der Waals surface area contributed by atoms with Gasteiger partial charge in [0.1, 0.15) is 0 Å². The highest BCUT2D eigenvalue weighted by molar-refractivity contribution is 6.02. The van der Waals surface area contributed by atoms with E-state index in [4.69, 9.17) is 0 Å². The monoisotopic (exact) mass is 299 g/mol. The number of hydrogen-bond donors (Lipinski definition) is 1. The lowest BCUT2D eigenvalue weighted by Gasteiger charge is -2.32. The summed E-state index contributed by atoms with van der Waals surface area (Å²) in [6.07, 6.45) is 4.08. The predicted octanol–water partition coefficient (Wildman–Crippen LogP) is 2.30. The van der Waals surface area contributed by atoms with Crippen LogP contribution in [0.4, 0.5) is 11.4 Å². The van der Waals surface area contributed by atoms with Crippen LogP contribution in [0.5, 0.6) is 0 Å². The molecule has 0 radical (unpaired) electrons. The summed E-state index contributed by atoms with van der Waals surface area (Å²) in [5.74, 6) is 0.578. The van der Waals surface area contributed by atoms with Gasteiger partial charge in [-0.15, -0.1) is 5.10 Å². The quantitative estimate of drug-likeness (QED) is 0.944. The first-order valence-corrected chi connectivity index (χ1v) is 7.64. The van der Waals surface area contributed by atoms with Gasteiger partial charge in [-0.25, -0.2) is 0 Å². The van der Waals surface area contributed by atoms with E-state index in [0.29, 0.717) is 5.69 Å². The number of aryl methyl sites for hydroxylation is 1. The molecule has 0 spiro atoms. The lowest BCUT2D eigenvalue weighted by molar-refractivity contribution is 0.102. The van der Waals surface area contributed by atoms with Crippen molar-refractivity contribution < 1.29 is 4.79 Å². The lowest BCUT2D eigenvalue weighted by atomic mass is 9.99. The first-order valence-electron chi connectivity index (χ1n) is 7.64. The lowest BCUT2D eigenvalue weighted by Crippen LogP contribution is -2.32. The number of carbonyl (C=O) groups is 1. The van der Waals surface area contributed by atoms with Gasteiger partial charge < -0.3 is 10.2 Å². The van der Waals surface area contributed by atoms with E-state index < -0.39 is 0 Å². The molecule has 0 atom stereocenters. The molecule has 1 N–H and O–H groups in total. The molecular weight excluding hydrogens is 278 g/mol. The topological polar surface area (TPSA) is 63.1 Å². The molecule has 1 aliphatic heterocycles. The molecule has 1 aromatic heterocycles. The van der Waals surface area contributed by atoms with Crippen molar-refractivity contribution >= 4 is 17.3 Å². The van der Waals surface area contributed by atoms with Crippen molar-refractivity contribution in [2.24, 2.45) is 13.0 Å². The standard InChI is InChI=1S/C16H21N5O/c1-12-7-9-21(10-8-12)14-5-3-13(4-6-14)17-16(22)15-11-20(2)19-18-15/h3-6,11-12H,7-10H2,1-2H3,(H,17,22). The molecular formula is C16H21N5O. The summed E-state index contributed by atoms with van der Waals surface area (Å²) in [6, 6.07) is 7.98. The van der Waals surface area contributed by atoms with Gasteiger partial charge in [0.05, 0.1) is 6.20 Å². The second-order valence-electron chi connectivity index (χ2n) is 5.95. The molecule has 6 heteroatoms. The van der Waals surface area contributed by atoms with E-state index in [1.54, 1.807) is 13.2 Å². The Labute approximate surface area is 130 Å². The Balaban J connectivity index is 1.63. The van der Waals surface area contributed by atoms with E-state index >= 15 is 0 Å². The fourth-order valence-corrected chi connectivity index (χ4v) is 2.67. The fourth-order valence-electron chi connectivity index (χ4n) is 2.67. The Bertz CT molecular complexity index is 641. The van der Waals surface area contributed by atoms with Gasteiger partial charge in [-0.05, 0) is 43.0 Å². The predicted molar refractivity (Wildman–Crippen MR) is 86.0 cm³/mol. The number of hydrogen-bond acceptors (Lipinski definition) is 4. The smallest absolute Gasteiger partial charge is 0.277 e. The SMILES string of the molecule is CC1CCN(c2ccc(NC(=O)c3cn(C)nn3)cc2)CC1. The van der Waals surface area contributed by atoms with Gasteiger partial charge in [0.2, 0.25) is 0 Å². The van der Waals surface area contributed by atoms with Crippen LogP contribution in [0.15, 0.2) is 30.5 Å². The van der Waals surface area contributed by atoms with Crippen LogP contribution < -0.4 is 10.2 Å². The van der Waals surface area contributed by atoms with Crippen molar-refractivity contribution in [1.29, 1.82) is 0 Å². The third kappa shape index (κ3) is 3.27. The Hall–Kier alpha value is -2.37. The minimum atomic E-state index is -0.243. The van der Waals surface area contributed by atoms with Crippen molar-refractivity contribution in [2.45, 2.75) is 19.8 Å². The molecule has 116 valence electrons. The van der Waals surface area contributed by atoms with E-state index in [-0.39, 0.29) is 5.91 Å². The Morgan fingerprint density at radius 2 is 1.91 bits per heavy atom. The molecule has 1 saturated heterocycles. The molecule has 0 aliphatic carbocycles. The number of carbonyl (C=O) groups excluding carboxylic acids is 1. The Morgan fingerprint density at radius 3 is 2.50 bits per heavy atom. The summed E-state index contributed by atoms with van der Waals surface area (Å²) < 4.78 is 1.51. The first kappa shape index (κ1) is 14.6. The minimum Gasteiger partial charge on any atom is -0.372 e. The maximum atomic E-state index is 12.0. The van der Waals surface area contributed by atoms with Crippen molar-refractivity contribution in [3.8, 4) is 0 Å². The summed E-state index contributed by atoms with van der Waals surface area (Å²) in [6.45, 7) is 4.52. The number of anilines is 2. The maximum Gasteiger partial charge on any atom is 0.277 e. The van der Waals surface area contributed by atoms with E-state index in [0.717, 1.165) is 24.7 Å². The van der Waals surface area contributed by atoms with Gasteiger partial charge in [0.25, 0.3) is 5.91 Å². The number of amides is 1. The summed E-state index contributed by atoms with van der Waals surface area (Å²) in [4.78, 5) is 14.4. The highest BCUT2D eigenvalue weighted by Gasteiger charge is 2.16. The van der Waals surface area contributed by atoms with E-state index in [1.807, 2.05) is 12.1 Å². The molecule has 3 rings (SSSR count). The zero-order chi connectivity index (χ0) is 15.5. The number of nitrogens with zero attached hydrogens (tertiary/aromatic N) is 4. The van der Waals surface area contributed by atoms with E-state index in [2.05, 4.69) is 39.6 Å². The molecule has 0 bridgehead atoms. The van der Waals surface area contributed by atoms with Crippen LogP contribution in [0.3, 0.4) is 0 Å². The number of piperidine rings is 1. The molecule has 1 amide bonds. The maximum absolute atomic E-state index is 12.0. The number of benzene rings is 1. The van der Waals surface area contributed by atoms with E-state index in [1.165, 1.54) is 23.2 Å². The molecule has 1 aliphatic rings. The van der Waals surface area contributed by atoms with Crippen LogP contribution in [-0.4, -0.2) is 34.0 Å². The molecule has 1 aromatic carbocycles. The normalized spacial score (nSPS) is 15.8. The molecule has 0 unspecified atom stereocenters. The number of rotatable bonds is 3. The highest BCUT2D eigenvalue weighted by Crippen LogP contribution is 2.24. The summed E-state index contributed by atoms with van der Waals surface area (Å²) in [7, 11) is 1.73. The van der Waals surface area contributed by atoms with Crippen LogP contribution in [0.1, 0.15) is 30.3 Å². The van der Waals surface area contributed by atoms with Crippen molar-refractivity contribution in [2.75, 3.05) is 23.3 Å². The number of nitrogens with one attached hydrogen (secondary N) is 1. The van der Waals surface area contributed by atoms with Crippen LogP contribution >= 0.6 is 0 Å². The van der Waals surface area contributed by atoms with Gasteiger partial charge in [-0.2, -0.15) is 0 Å². The minimum absolute atomic E-state index is 0.243. The van der Waals surface area contributed by atoms with Crippen LogP contribution in [0, 0.1) is 5.92 Å². The Morgan fingerprint density at radius 1 is 1.23 bits per heavy atom. The molecule has 6 nitrogen and oxygen atoms in total. The average molecular weight is 299 g/mol. The molecule has 0 saturated carbocycles. The van der Waals surface area contributed by atoms with Crippen LogP contribution in [0.2, 0.25) is 0 Å². The molecule has 22 heavy (non-hydrogen) atoms. The fraction of sp³-hybridized carbons (Fsp3) is 0.438. The second kappa shape index (κ2) is 6.17. The number of aromatic nitrogens is 3. The van der Waals surface area contributed by atoms with E-state index in [9.17, 15) is 4.79 Å². The zero-order valence-corrected chi connectivity index (χ0v) is 13.0.